The molecule has 0 bridgehead atoms. The highest BCUT2D eigenvalue weighted by atomic mass is 16.5. The molecule has 2 rings (SSSR count). The second kappa shape index (κ2) is 7.94. The molecule has 5 nitrogen and oxygen atoms in total. The van der Waals surface area contributed by atoms with Crippen molar-refractivity contribution in [1.29, 1.82) is 0 Å². The number of hydrogen-bond acceptors (Lipinski definition) is 3. The van der Waals surface area contributed by atoms with Gasteiger partial charge in [-0.05, 0) is 31.9 Å². The fraction of sp³-hybridized carbons (Fsp3) is 0.529. The van der Waals surface area contributed by atoms with Crippen LogP contribution >= 0.6 is 0 Å². The topological polar surface area (TPSA) is 58.6 Å². The van der Waals surface area contributed by atoms with Crippen molar-refractivity contribution >= 4 is 11.8 Å². The summed E-state index contributed by atoms with van der Waals surface area (Å²) in [5.74, 6) is -0.126. The highest BCUT2D eigenvalue weighted by Crippen LogP contribution is 2.13. The summed E-state index contributed by atoms with van der Waals surface area (Å²) in [6, 6.07) is 8.82. The molecule has 1 saturated heterocycles. The highest BCUT2D eigenvalue weighted by molar-refractivity contribution is 5.94. The Balaban J connectivity index is 1.76. The molecular formula is C17H24N2O3. The molecule has 5 heteroatoms. The number of amides is 2. The molecule has 2 atom stereocenters. The van der Waals surface area contributed by atoms with Gasteiger partial charge >= 0.3 is 0 Å². The molecule has 1 fully saturated rings. The zero-order chi connectivity index (χ0) is 15.9. The lowest BCUT2D eigenvalue weighted by molar-refractivity contribution is -0.131. The van der Waals surface area contributed by atoms with E-state index >= 15 is 0 Å². The number of likely N-dealkylation sites (N-methyl/N-ethyl adjacent to an activating group) is 1. The van der Waals surface area contributed by atoms with Crippen LogP contribution in [0.2, 0.25) is 0 Å². The van der Waals surface area contributed by atoms with E-state index in [0.29, 0.717) is 18.5 Å². The Morgan fingerprint density at radius 1 is 1.36 bits per heavy atom. The third-order valence-corrected chi connectivity index (χ3v) is 3.82. The first kappa shape index (κ1) is 16.5. The van der Waals surface area contributed by atoms with Gasteiger partial charge in [0, 0.05) is 38.2 Å². The van der Waals surface area contributed by atoms with Crippen molar-refractivity contribution in [2.24, 2.45) is 0 Å². The van der Waals surface area contributed by atoms with Gasteiger partial charge in [0.2, 0.25) is 5.91 Å². The van der Waals surface area contributed by atoms with Gasteiger partial charge in [0.1, 0.15) is 0 Å². The van der Waals surface area contributed by atoms with E-state index in [2.05, 4.69) is 5.32 Å². The standard InChI is InChI=1S/C17H24N2O3/c1-13(18-17(21)14-7-4-3-5-8-14)11-16(20)19(2)12-15-9-6-10-22-15/h3-5,7-8,13,15H,6,9-12H2,1-2H3,(H,18,21). The summed E-state index contributed by atoms with van der Waals surface area (Å²) in [7, 11) is 1.79. The van der Waals surface area contributed by atoms with E-state index in [4.69, 9.17) is 4.74 Å². The van der Waals surface area contributed by atoms with Crippen LogP contribution in [0.15, 0.2) is 30.3 Å². The second-order valence-electron chi connectivity index (χ2n) is 5.85. The first-order valence-electron chi connectivity index (χ1n) is 7.77. The fourth-order valence-electron chi connectivity index (χ4n) is 2.56. The van der Waals surface area contributed by atoms with Crippen LogP contribution in [-0.4, -0.2) is 49.1 Å². The number of nitrogens with zero attached hydrogens (tertiary/aromatic N) is 1. The van der Waals surface area contributed by atoms with Gasteiger partial charge in [-0.25, -0.2) is 0 Å². The van der Waals surface area contributed by atoms with Crippen LogP contribution in [-0.2, 0) is 9.53 Å². The molecule has 1 aliphatic heterocycles. The zero-order valence-electron chi connectivity index (χ0n) is 13.2. The quantitative estimate of drug-likeness (QED) is 0.872. The van der Waals surface area contributed by atoms with Crippen molar-refractivity contribution in [3.63, 3.8) is 0 Å². The Morgan fingerprint density at radius 2 is 2.09 bits per heavy atom. The lowest BCUT2D eigenvalue weighted by atomic mass is 10.1. The Labute approximate surface area is 131 Å². The van der Waals surface area contributed by atoms with Crippen LogP contribution in [0.1, 0.15) is 36.5 Å². The average molecular weight is 304 g/mol. The van der Waals surface area contributed by atoms with E-state index in [1.165, 1.54) is 0 Å². The summed E-state index contributed by atoms with van der Waals surface area (Å²) in [5, 5.41) is 2.86. The molecule has 1 N–H and O–H groups in total. The van der Waals surface area contributed by atoms with Gasteiger partial charge in [-0.2, -0.15) is 0 Å². The maximum atomic E-state index is 12.2. The van der Waals surface area contributed by atoms with Crippen molar-refractivity contribution in [1.82, 2.24) is 10.2 Å². The summed E-state index contributed by atoms with van der Waals surface area (Å²) in [6.07, 6.45) is 2.53. The molecule has 22 heavy (non-hydrogen) atoms. The van der Waals surface area contributed by atoms with Gasteiger partial charge < -0.3 is 15.0 Å². The highest BCUT2D eigenvalue weighted by Gasteiger charge is 2.21. The molecule has 1 aliphatic rings. The molecule has 1 aromatic rings. The number of carbonyl (C=O) groups is 2. The first-order chi connectivity index (χ1) is 10.6. The summed E-state index contributed by atoms with van der Waals surface area (Å²) < 4.78 is 5.54. The third kappa shape index (κ3) is 4.84. The maximum absolute atomic E-state index is 12.2. The van der Waals surface area contributed by atoms with Gasteiger partial charge in [0.15, 0.2) is 0 Å². The van der Waals surface area contributed by atoms with Crippen molar-refractivity contribution in [3.8, 4) is 0 Å². The first-order valence-corrected chi connectivity index (χ1v) is 7.77. The number of rotatable bonds is 6. The summed E-state index contributed by atoms with van der Waals surface area (Å²) in [5.41, 5.74) is 0.606. The van der Waals surface area contributed by atoms with Gasteiger partial charge in [0.05, 0.1) is 6.10 Å². The molecule has 1 heterocycles. The molecule has 120 valence electrons. The minimum atomic E-state index is -0.202. The molecule has 0 aromatic heterocycles. The number of benzene rings is 1. The Hall–Kier alpha value is -1.88. The molecule has 2 amide bonds. The molecule has 0 radical (unpaired) electrons. The minimum absolute atomic E-state index is 0.0244. The van der Waals surface area contributed by atoms with Crippen LogP contribution in [0.5, 0.6) is 0 Å². The van der Waals surface area contributed by atoms with E-state index in [1.54, 1.807) is 24.1 Å². The number of hydrogen-bond donors (Lipinski definition) is 1. The van der Waals surface area contributed by atoms with E-state index in [1.807, 2.05) is 25.1 Å². The van der Waals surface area contributed by atoms with Crippen LogP contribution in [0, 0.1) is 0 Å². The van der Waals surface area contributed by atoms with E-state index in [9.17, 15) is 9.59 Å². The van der Waals surface area contributed by atoms with Gasteiger partial charge in [-0.1, -0.05) is 18.2 Å². The maximum Gasteiger partial charge on any atom is 0.251 e. The van der Waals surface area contributed by atoms with Crippen LogP contribution < -0.4 is 5.32 Å². The van der Waals surface area contributed by atoms with E-state index in [-0.39, 0.29) is 24.0 Å². The average Bonchev–Trinajstić information content (AvgIpc) is 3.00. The van der Waals surface area contributed by atoms with E-state index < -0.39 is 0 Å². The third-order valence-electron chi connectivity index (χ3n) is 3.82. The predicted molar refractivity (Wildman–Crippen MR) is 84.6 cm³/mol. The summed E-state index contributed by atoms with van der Waals surface area (Å²) in [4.78, 5) is 25.9. The van der Waals surface area contributed by atoms with Crippen molar-refractivity contribution in [2.75, 3.05) is 20.2 Å². The predicted octanol–water partition coefficient (Wildman–Crippen LogP) is 1.83. The van der Waals surface area contributed by atoms with Crippen molar-refractivity contribution in [3.05, 3.63) is 35.9 Å². The van der Waals surface area contributed by atoms with Crippen LogP contribution in [0.4, 0.5) is 0 Å². The lowest BCUT2D eigenvalue weighted by Crippen LogP contribution is -2.40. The van der Waals surface area contributed by atoms with Crippen LogP contribution in [0.3, 0.4) is 0 Å². The molecule has 0 saturated carbocycles. The van der Waals surface area contributed by atoms with Gasteiger partial charge in [-0.3, -0.25) is 9.59 Å². The summed E-state index contributed by atoms with van der Waals surface area (Å²) >= 11 is 0. The Bertz CT molecular complexity index is 498. The molecule has 1 aromatic carbocycles. The SMILES string of the molecule is CC(CC(=O)N(C)CC1CCCO1)NC(=O)c1ccccc1. The molecular weight excluding hydrogens is 280 g/mol. The normalized spacial score (nSPS) is 18.7. The smallest absolute Gasteiger partial charge is 0.251 e. The van der Waals surface area contributed by atoms with E-state index in [0.717, 1.165) is 19.4 Å². The molecule has 2 unspecified atom stereocenters. The van der Waals surface area contributed by atoms with Crippen molar-refractivity contribution < 1.29 is 14.3 Å². The monoisotopic (exact) mass is 304 g/mol. The Morgan fingerprint density at radius 3 is 2.73 bits per heavy atom. The van der Waals surface area contributed by atoms with Crippen molar-refractivity contribution in [2.45, 2.75) is 38.3 Å². The molecule has 0 spiro atoms. The fourth-order valence-corrected chi connectivity index (χ4v) is 2.56. The lowest BCUT2D eigenvalue weighted by Gasteiger charge is -2.23. The second-order valence-corrected chi connectivity index (χ2v) is 5.85. The number of ether oxygens (including phenoxy) is 1. The Kier molecular flexibility index (Phi) is 5.95. The van der Waals surface area contributed by atoms with Gasteiger partial charge in [0.25, 0.3) is 5.91 Å². The largest absolute Gasteiger partial charge is 0.376 e. The molecule has 0 aliphatic carbocycles. The number of nitrogens with one attached hydrogen (secondary N) is 1. The zero-order valence-corrected chi connectivity index (χ0v) is 13.2. The minimum Gasteiger partial charge on any atom is -0.376 e. The number of carbonyl (C=O) groups excluding carboxylic acids is 2. The van der Waals surface area contributed by atoms with Crippen LogP contribution in [0.25, 0.3) is 0 Å². The van der Waals surface area contributed by atoms with Gasteiger partial charge in [-0.15, -0.1) is 0 Å². The summed E-state index contributed by atoms with van der Waals surface area (Å²) in [6.45, 7) is 3.26.